The van der Waals surface area contributed by atoms with Crippen LogP contribution in [0.3, 0.4) is 0 Å². The molecule has 0 aliphatic heterocycles. The summed E-state index contributed by atoms with van der Waals surface area (Å²) in [5.41, 5.74) is 2.20. The molecule has 0 fully saturated rings. The lowest BCUT2D eigenvalue weighted by molar-refractivity contribution is 0.102. The second-order valence-electron chi connectivity index (χ2n) is 6.36. The molecule has 3 aromatic carbocycles. The SMILES string of the molecule is COc1ccc(C(=O)Nc2ccc(SCc3nnc(-c4ccccc4)o3)cc2)cc1. The summed E-state index contributed by atoms with van der Waals surface area (Å²) in [7, 11) is 1.59. The van der Waals surface area contributed by atoms with Crippen molar-refractivity contribution in [1.29, 1.82) is 0 Å². The summed E-state index contributed by atoms with van der Waals surface area (Å²) >= 11 is 1.59. The minimum atomic E-state index is -0.169. The maximum absolute atomic E-state index is 12.3. The van der Waals surface area contributed by atoms with Gasteiger partial charge in [-0.25, -0.2) is 0 Å². The van der Waals surface area contributed by atoms with Gasteiger partial charge in [0.05, 0.1) is 12.9 Å². The number of amides is 1. The number of aromatic nitrogens is 2. The fourth-order valence-electron chi connectivity index (χ4n) is 2.73. The lowest BCUT2D eigenvalue weighted by atomic mass is 10.2. The van der Waals surface area contributed by atoms with Crippen LogP contribution in [0.2, 0.25) is 0 Å². The van der Waals surface area contributed by atoms with Gasteiger partial charge in [0.1, 0.15) is 5.75 Å². The maximum atomic E-state index is 12.3. The summed E-state index contributed by atoms with van der Waals surface area (Å²) in [6.45, 7) is 0. The van der Waals surface area contributed by atoms with Gasteiger partial charge in [0.25, 0.3) is 5.91 Å². The molecule has 30 heavy (non-hydrogen) atoms. The first kappa shape index (κ1) is 19.7. The van der Waals surface area contributed by atoms with Crippen molar-refractivity contribution in [2.75, 3.05) is 12.4 Å². The van der Waals surface area contributed by atoms with E-state index in [1.807, 2.05) is 54.6 Å². The molecule has 1 amide bonds. The highest BCUT2D eigenvalue weighted by molar-refractivity contribution is 7.98. The molecule has 4 rings (SSSR count). The van der Waals surface area contributed by atoms with E-state index in [2.05, 4.69) is 15.5 Å². The number of benzene rings is 3. The zero-order chi connectivity index (χ0) is 20.8. The van der Waals surface area contributed by atoms with Gasteiger partial charge in [-0.3, -0.25) is 4.79 Å². The Morgan fingerprint density at radius 2 is 1.70 bits per heavy atom. The van der Waals surface area contributed by atoms with Crippen molar-refractivity contribution < 1.29 is 13.9 Å². The van der Waals surface area contributed by atoms with E-state index in [-0.39, 0.29) is 5.91 Å². The summed E-state index contributed by atoms with van der Waals surface area (Å²) in [6.07, 6.45) is 0. The Labute approximate surface area is 178 Å². The lowest BCUT2D eigenvalue weighted by Crippen LogP contribution is -2.11. The third kappa shape index (κ3) is 4.87. The molecule has 0 radical (unpaired) electrons. The van der Waals surface area contributed by atoms with Gasteiger partial charge < -0.3 is 14.5 Å². The number of nitrogens with zero attached hydrogens (tertiary/aromatic N) is 2. The summed E-state index contributed by atoms with van der Waals surface area (Å²) < 4.78 is 10.8. The number of anilines is 1. The highest BCUT2D eigenvalue weighted by Crippen LogP contribution is 2.26. The number of hydrogen-bond acceptors (Lipinski definition) is 6. The molecule has 0 atom stereocenters. The summed E-state index contributed by atoms with van der Waals surface area (Å²) in [5, 5.41) is 11.1. The van der Waals surface area contributed by atoms with Crippen LogP contribution >= 0.6 is 11.8 Å². The van der Waals surface area contributed by atoms with E-state index in [1.165, 1.54) is 0 Å². The molecule has 6 nitrogen and oxygen atoms in total. The number of rotatable bonds is 7. The molecular formula is C23H19N3O3S. The van der Waals surface area contributed by atoms with Gasteiger partial charge >= 0.3 is 0 Å². The van der Waals surface area contributed by atoms with Crippen molar-refractivity contribution in [1.82, 2.24) is 10.2 Å². The van der Waals surface area contributed by atoms with Crippen LogP contribution in [0.25, 0.3) is 11.5 Å². The van der Waals surface area contributed by atoms with Gasteiger partial charge in [-0.1, -0.05) is 18.2 Å². The van der Waals surface area contributed by atoms with E-state index in [0.717, 1.165) is 16.1 Å². The monoisotopic (exact) mass is 417 g/mol. The van der Waals surface area contributed by atoms with E-state index in [0.29, 0.717) is 28.8 Å². The van der Waals surface area contributed by atoms with Gasteiger partial charge in [-0.15, -0.1) is 22.0 Å². The molecule has 150 valence electrons. The van der Waals surface area contributed by atoms with Gasteiger partial charge in [0.15, 0.2) is 0 Å². The van der Waals surface area contributed by atoms with E-state index >= 15 is 0 Å². The summed E-state index contributed by atoms with van der Waals surface area (Å²) in [6, 6.07) is 24.3. The zero-order valence-electron chi connectivity index (χ0n) is 16.2. The van der Waals surface area contributed by atoms with Crippen LogP contribution in [-0.4, -0.2) is 23.2 Å². The molecule has 0 saturated carbocycles. The van der Waals surface area contributed by atoms with E-state index in [4.69, 9.17) is 9.15 Å². The topological polar surface area (TPSA) is 77.2 Å². The molecular weight excluding hydrogens is 398 g/mol. The van der Waals surface area contributed by atoms with Crippen LogP contribution in [0.4, 0.5) is 5.69 Å². The average Bonchev–Trinajstić information content (AvgIpc) is 3.28. The van der Waals surface area contributed by atoms with Crippen LogP contribution in [0, 0.1) is 0 Å². The van der Waals surface area contributed by atoms with Crippen LogP contribution < -0.4 is 10.1 Å². The van der Waals surface area contributed by atoms with Crippen LogP contribution in [0.1, 0.15) is 16.2 Å². The highest BCUT2D eigenvalue weighted by atomic mass is 32.2. The summed E-state index contributed by atoms with van der Waals surface area (Å²) in [5.74, 6) is 2.19. The van der Waals surface area contributed by atoms with Gasteiger partial charge in [-0.05, 0) is 60.7 Å². The Bertz CT molecular complexity index is 1110. The van der Waals surface area contributed by atoms with Crippen LogP contribution in [0.15, 0.2) is 88.2 Å². The average molecular weight is 417 g/mol. The van der Waals surface area contributed by atoms with Crippen LogP contribution in [-0.2, 0) is 5.75 Å². The minimum Gasteiger partial charge on any atom is -0.497 e. The predicted octanol–water partition coefficient (Wildman–Crippen LogP) is 5.29. The molecule has 1 aromatic heterocycles. The Hall–Kier alpha value is -3.58. The number of thioether (sulfide) groups is 1. The quantitative estimate of drug-likeness (QED) is 0.412. The molecule has 0 spiro atoms. The molecule has 0 unspecified atom stereocenters. The third-order valence-electron chi connectivity index (χ3n) is 4.31. The number of carbonyl (C=O) groups excluding carboxylic acids is 1. The predicted molar refractivity (Wildman–Crippen MR) is 117 cm³/mol. The van der Waals surface area contributed by atoms with E-state index in [9.17, 15) is 4.79 Å². The Balaban J connectivity index is 1.32. The first-order valence-electron chi connectivity index (χ1n) is 9.27. The Morgan fingerprint density at radius 1 is 0.967 bits per heavy atom. The van der Waals surface area contributed by atoms with Crippen molar-refractivity contribution in [2.24, 2.45) is 0 Å². The number of carbonyl (C=O) groups is 1. The fraction of sp³-hybridized carbons (Fsp3) is 0.0870. The van der Waals surface area contributed by atoms with Crippen LogP contribution in [0.5, 0.6) is 5.75 Å². The largest absolute Gasteiger partial charge is 0.497 e. The highest BCUT2D eigenvalue weighted by Gasteiger charge is 2.09. The second kappa shape index (κ2) is 9.28. The maximum Gasteiger partial charge on any atom is 0.255 e. The smallest absolute Gasteiger partial charge is 0.255 e. The second-order valence-corrected chi connectivity index (χ2v) is 7.41. The normalized spacial score (nSPS) is 10.6. The standard InChI is InChI=1S/C23H19N3O3S/c1-28-19-11-7-16(8-12-19)22(27)24-18-9-13-20(14-10-18)30-15-21-25-26-23(29-21)17-5-3-2-4-6-17/h2-14H,15H2,1H3,(H,24,27). The first-order chi connectivity index (χ1) is 14.7. The molecule has 1 heterocycles. The number of hydrogen-bond donors (Lipinski definition) is 1. The number of ether oxygens (including phenoxy) is 1. The number of nitrogens with one attached hydrogen (secondary N) is 1. The number of methoxy groups -OCH3 is 1. The van der Waals surface area contributed by atoms with Crippen molar-refractivity contribution in [3.8, 4) is 17.2 Å². The van der Waals surface area contributed by atoms with Gasteiger partial charge in [-0.2, -0.15) is 0 Å². The van der Waals surface area contributed by atoms with E-state index < -0.39 is 0 Å². The lowest BCUT2D eigenvalue weighted by Gasteiger charge is -2.07. The fourth-order valence-corrected chi connectivity index (χ4v) is 3.47. The molecule has 0 aliphatic carbocycles. The van der Waals surface area contributed by atoms with Crippen molar-refractivity contribution in [2.45, 2.75) is 10.6 Å². The van der Waals surface area contributed by atoms with Crippen molar-refractivity contribution in [3.05, 3.63) is 90.3 Å². The zero-order valence-corrected chi connectivity index (χ0v) is 17.1. The van der Waals surface area contributed by atoms with Gasteiger partial charge in [0, 0.05) is 21.7 Å². The molecule has 1 N–H and O–H groups in total. The Kier molecular flexibility index (Phi) is 6.10. The minimum absolute atomic E-state index is 0.169. The molecule has 4 aromatic rings. The van der Waals surface area contributed by atoms with Crippen molar-refractivity contribution >= 4 is 23.4 Å². The first-order valence-corrected chi connectivity index (χ1v) is 10.3. The van der Waals surface area contributed by atoms with E-state index in [1.54, 1.807) is 43.1 Å². The molecule has 0 aliphatic rings. The molecule has 7 heteroatoms. The third-order valence-corrected chi connectivity index (χ3v) is 5.31. The Morgan fingerprint density at radius 3 is 2.40 bits per heavy atom. The van der Waals surface area contributed by atoms with Crippen molar-refractivity contribution in [3.63, 3.8) is 0 Å². The molecule has 0 bridgehead atoms. The van der Waals surface area contributed by atoms with Gasteiger partial charge in [0.2, 0.25) is 11.8 Å². The summed E-state index contributed by atoms with van der Waals surface area (Å²) in [4.78, 5) is 13.4. The molecule has 0 saturated heterocycles.